The van der Waals surface area contributed by atoms with Crippen LogP contribution in [0.25, 0.3) is 0 Å². The van der Waals surface area contributed by atoms with Gasteiger partial charge in [-0.3, -0.25) is 19.2 Å². The molecule has 1 unspecified atom stereocenters. The molecule has 0 aromatic heterocycles. The quantitative estimate of drug-likeness (QED) is 0.428. The van der Waals surface area contributed by atoms with Gasteiger partial charge < -0.3 is 20.9 Å². The van der Waals surface area contributed by atoms with Crippen LogP contribution in [0.15, 0.2) is 0 Å². The van der Waals surface area contributed by atoms with Crippen molar-refractivity contribution in [3.63, 3.8) is 0 Å². The Balaban J connectivity index is 1.53. The third-order valence-electron chi connectivity index (χ3n) is 8.25. The van der Waals surface area contributed by atoms with E-state index in [4.69, 9.17) is 0 Å². The Labute approximate surface area is 222 Å². The molecule has 4 amide bonds. The molecule has 2 aliphatic carbocycles. The molecule has 3 N–H and O–H groups in total. The number of rotatable bonds is 6. The number of hydrogen-bond donors (Lipinski definition) is 3. The fourth-order valence-corrected chi connectivity index (χ4v) is 6.20. The minimum absolute atomic E-state index is 0.0198. The largest absolute Gasteiger partial charge is 0.471 e. The molecule has 2 heterocycles. The topological polar surface area (TPSA) is 131 Å². The number of hydrogen-bond acceptors (Lipinski definition) is 5. The number of halogens is 5. The van der Waals surface area contributed by atoms with Gasteiger partial charge in [0.2, 0.25) is 23.6 Å². The molecule has 14 heteroatoms. The van der Waals surface area contributed by atoms with Gasteiger partial charge in [0, 0.05) is 36.3 Å². The molecule has 4 atom stereocenters. The van der Waals surface area contributed by atoms with Gasteiger partial charge in [-0.15, -0.1) is 0 Å². The maximum absolute atomic E-state index is 13.9. The predicted molar refractivity (Wildman–Crippen MR) is 125 cm³/mol. The molecular formula is C25H32F5N5O4. The van der Waals surface area contributed by atoms with Crippen LogP contribution in [0.2, 0.25) is 0 Å². The standard InChI is InChI=1S/C25H32F5N5O4/c1-21(2,3)16(33-20(39)25(28,29)30)19(38)35-12-22(10-24(26,27)11-22)8-15(35)18(37)32-14(9-31)6-13-7-23(4-5-23)34-17(13)36/h13-16H,4-8,10-12H2,1-3H3,(H,32,37)(H,33,39)(H,34,36)/t13-,14+,15?,16-/m1/s1. The van der Waals surface area contributed by atoms with E-state index in [1.807, 2.05) is 6.07 Å². The van der Waals surface area contributed by atoms with Gasteiger partial charge >= 0.3 is 12.1 Å². The van der Waals surface area contributed by atoms with Crippen LogP contribution in [0.3, 0.4) is 0 Å². The van der Waals surface area contributed by atoms with Crippen molar-refractivity contribution < 1.29 is 41.1 Å². The minimum Gasteiger partial charge on any atom is -0.350 e. The zero-order chi connectivity index (χ0) is 29.2. The number of alkyl halides is 5. The molecule has 9 nitrogen and oxygen atoms in total. The van der Waals surface area contributed by atoms with Crippen LogP contribution in [0.5, 0.6) is 0 Å². The zero-order valence-electron chi connectivity index (χ0n) is 21.9. The molecule has 2 spiro atoms. The normalized spacial score (nSPS) is 27.8. The lowest BCUT2D eigenvalue weighted by molar-refractivity contribution is -0.176. The highest BCUT2D eigenvalue weighted by Crippen LogP contribution is 2.58. The van der Waals surface area contributed by atoms with Crippen molar-refractivity contribution in [2.24, 2.45) is 16.7 Å². The molecular weight excluding hydrogens is 529 g/mol. The van der Waals surface area contributed by atoms with Crippen LogP contribution in [0, 0.1) is 28.1 Å². The van der Waals surface area contributed by atoms with E-state index in [0.29, 0.717) is 6.42 Å². The van der Waals surface area contributed by atoms with Crippen molar-refractivity contribution in [2.45, 2.75) is 101 Å². The zero-order valence-corrected chi connectivity index (χ0v) is 21.9. The van der Waals surface area contributed by atoms with E-state index in [0.717, 1.165) is 17.7 Å². The first kappa shape index (κ1) is 29.0. The Morgan fingerprint density at radius 1 is 1.13 bits per heavy atom. The number of carbonyl (C=O) groups excluding carboxylic acids is 4. The van der Waals surface area contributed by atoms with Crippen molar-refractivity contribution in [1.82, 2.24) is 20.9 Å². The molecule has 2 saturated heterocycles. The first-order chi connectivity index (χ1) is 17.8. The maximum atomic E-state index is 13.9. The average Bonchev–Trinajstić information content (AvgIpc) is 3.30. The second kappa shape index (κ2) is 9.30. The van der Waals surface area contributed by atoms with Crippen LogP contribution in [0.4, 0.5) is 22.0 Å². The van der Waals surface area contributed by atoms with Gasteiger partial charge in [-0.2, -0.15) is 18.4 Å². The third kappa shape index (κ3) is 5.96. The molecule has 216 valence electrons. The van der Waals surface area contributed by atoms with E-state index in [9.17, 15) is 46.4 Å². The van der Waals surface area contributed by atoms with Gasteiger partial charge in [0.25, 0.3) is 0 Å². The lowest BCUT2D eigenvalue weighted by Crippen LogP contribution is -2.60. The second-order valence-electron chi connectivity index (χ2n) is 12.8. The summed E-state index contributed by atoms with van der Waals surface area (Å²) in [4.78, 5) is 51.9. The second-order valence-corrected chi connectivity index (χ2v) is 12.8. The molecule has 2 aliphatic heterocycles. The number of nitrogens with one attached hydrogen (secondary N) is 3. The van der Waals surface area contributed by atoms with Crippen LogP contribution in [0.1, 0.15) is 65.7 Å². The van der Waals surface area contributed by atoms with Crippen molar-refractivity contribution >= 4 is 23.6 Å². The summed E-state index contributed by atoms with van der Waals surface area (Å²) < 4.78 is 66.7. The summed E-state index contributed by atoms with van der Waals surface area (Å²) in [5.41, 5.74) is -2.59. The Bertz CT molecular complexity index is 1100. The smallest absolute Gasteiger partial charge is 0.350 e. The number of carbonyl (C=O) groups is 4. The summed E-state index contributed by atoms with van der Waals surface area (Å²) in [5.74, 6) is -7.89. The molecule has 4 rings (SSSR count). The predicted octanol–water partition coefficient (Wildman–Crippen LogP) is 2.16. The van der Waals surface area contributed by atoms with Gasteiger partial charge in [-0.25, -0.2) is 8.78 Å². The molecule has 4 aliphatic rings. The van der Waals surface area contributed by atoms with Crippen LogP contribution >= 0.6 is 0 Å². The lowest BCUT2D eigenvalue weighted by atomic mass is 9.65. The Kier molecular flexibility index (Phi) is 6.92. The highest BCUT2D eigenvalue weighted by Gasteiger charge is 2.63. The Morgan fingerprint density at radius 3 is 2.21 bits per heavy atom. The summed E-state index contributed by atoms with van der Waals surface area (Å²) in [7, 11) is 0. The van der Waals surface area contributed by atoms with E-state index in [1.54, 1.807) is 5.32 Å². The fourth-order valence-electron chi connectivity index (χ4n) is 6.20. The molecule has 0 radical (unpaired) electrons. The van der Waals surface area contributed by atoms with E-state index in [-0.39, 0.29) is 30.8 Å². The van der Waals surface area contributed by atoms with Crippen molar-refractivity contribution in [1.29, 1.82) is 5.26 Å². The SMILES string of the molecule is CC(C)(C)[C@H](NC(=O)C(F)(F)F)C(=O)N1CC2(CC1C(=O)N[C@H](C#N)C[C@@H]1CC3(CC3)NC1=O)CC(F)(F)C2. The molecule has 0 aromatic carbocycles. The van der Waals surface area contributed by atoms with Gasteiger partial charge in [0.1, 0.15) is 18.1 Å². The first-order valence-corrected chi connectivity index (χ1v) is 12.9. The maximum Gasteiger partial charge on any atom is 0.471 e. The minimum atomic E-state index is -5.27. The van der Waals surface area contributed by atoms with Crippen LogP contribution in [-0.4, -0.2) is 70.8 Å². The van der Waals surface area contributed by atoms with E-state index in [1.165, 1.54) is 20.8 Å². The third-order valence-corrected chi connectivity index (χ3v) is 8.25. The highest BCUT2D eigenvalue weighted by molar-refractivity contribution is 5.94. The number of nitriles is 1. The monoisotopic (exact) mass is 561 g/mol. The summed E-state index contributed by atoms with van der Waals surface area (Å²) >= 11 is 0. The van der Waals surface area contributed by atoms with E-state index in [2.05, 4.69) is 10.6 Å². The number of amides is 4. The first-order valence-electron chi connectivity index (χ1n) is 12.9. The number of nitrogens with zero attached hydrogens (tertiary/aromatic N) is 2. The molecule has 4 fully saturated rings. The molecule has 2 saturated carbocycles. The Hall–Kier alpha value is -2.98. The summed E-state index contributed by atoms with van der Waals surface area (Å²) in [5, 5.41) is 16.8. The van der Waals surface area contributed by atoms with Crippen molar-refractivity contribution in [3.05, 3.63) is 0 Å². The van der Waals surface area contributed by atoms with Crippen LogP contribution < -0.4 is 16.0 Å². The summed E-state index contributed by atoms with van der Waals surface area (Å²) in [6, 6.07) is -2.23. The average molecular weight is 562 g/mol. The molecule has 0 bridgehead atoms. The number of likely N-dealkylation sites (tertiary alicyclic amines) is 1. The van der Waals surface area contributed by atoms with Gasteiger partial charge in [-0.05, 0) is 37.5 Å². The summed E-state index contributed by atoms with van der Waals surface area (Å²) in [6.07, 6.45) is -4.42. The van der Waals surface area contributed by atoms with Crippen LogP contribution in [-0.2, 0) is 19.2 Å². The van der Waals surface area contributed by atoms with Crippen molar-refractivity contribution in [2.75, 3.05) is 6.54 Å². The Morgan fingerprint density at radius 2 is 1.74 bits per heavy atom. The summed E-state index contributed by atoms with van der Waals surface area (Å²) in [6.45, 7) is 3.97. The lowest BCUT2D eigenvalue weighted by Gasteiger charge is -2.44. The van der Waals surface area contributed by atoms with Gasteiger partial charge in [-0.1, -0.05) is 20.8 Å². The van der Waals surface area contributed by atoms with E-state index >= 15 is 0 Å². The van der Waals surface area contributed by atoms with Gasteiger partial charge in [0.05, 0.1) is 6.07 Å². The molecule has 39 heavy (non-hydrogen) atoms. The van der Waals surface area contributed by atoms with Crippen molar-refractivity contribution in [3.8, 4) is 6.07 Å². The van der Waals surface area contributed by atoms with Gasteiger partial charge in [0.15, 0.2) is 0 Å². The fraction of sp³-hybridized carbons (Fsp3) is 0.800. The van der Waals surface area contributed by atoms with E-state index < -0.39 is 77.5 Å². The molecule has 0 aromatic rings. The highest BCUT2D eigenvalue weighted by atomic mass is 19.4.